The average molecular weight is 479 g/mol. The van der Waals surface area contributed by atoms with Crippen LogP contribution in [0.2, 0.25) is 0 Å². The highest BCUT2D eigenvalue weighted by molar-refractivity contribution is 7.93. The van der Waals surface area contributed by atoms with Crippen molar-refractivity contribution in [3.63, 3.8) is 0 Å². The first-order valence-corrected chi connectivity index (χ1v) is 13.4. The van der Waals surface area contributed by atoms with Crippen LogP contribution in [0.4, 0.5) is 5.69 Å². The van der Waals surface area contributed by atoms with E-state index < -0.39 is 20.0 Å². The Morgan fingerprint density at radius 1 is 0.727 bits per heavy atom. The van der Waals surface area contributed by atoms with E-state index in [9.17, 15) is 16.8 Å². The van der Waals surface area contributed by atoms with Gasteiger partial charge < -0.3 is 0 Å². The fraction of sp³-hybridized carbons (Fsp3) is 0.120. The maximum absolute atomic E-state index is 13.2. The maximum Gasteiger partial charge on any atom is 0.262 e. The van der Waals surface area contributed by atoms with Gasteiger partial charge in [-0.2, -0.15) is 4.31 Å². The molecule has 0 saturated carbocycles. The smallest absolute Gasteiger partial charge is 0.262 e. The Labute approximate surface area is 193 Å². The fourth-order valence-corrected chi connectivity index (χ4v) is 6.90. The number of benzene rings is 4. The van der Waals surface area contributed by atoms with Crippen LogP contribution in [0.3, 0.4) is 0 Å². The molecular weight excluding hydrogens is 456 g/mol. The van der Waals surface area contributed by atoms with Crippen molar-refractivity contribution in [3.8, 4) is 0 Å². The molecule has 1 aliphatic rings. The molecule has 1 aliphatic heterocycles. The van der Waals surface area contributed by atoms with Crippen molar-refractivity contribution in [3.05, 3.63) is 102 Å². The molecule has 6 nitrogen and oxygen atoms in total. The third kappa shape index (κ3) is 4.13. The van der Waals surface area contributed by atoms with Crippen molar-refractivity contribution in [1.29, 1.82) is 0 Å². The first-order valence-electron chi connectivity index (χ1n) is 10.5. The van der Waals surface area contributed by atoms with Gasteiger partial charge in [-0.25, -0.2) is 16.8 Å². The summed E-state index contributed by atoms with van der Waals surface area (Å²) in [5.41, 5.74) is 2.21. The molecule has 1 heterocycles. The van der Waals surface area contributed by atoms with Crippen LogP contribution in [0.25, 0.3) is 10.8 Å². The van der Waals surface area contributed by atoms with E-state index in [4.69, 9.17) is 0 Å². The van der Waals surface area contributed by atoms with Crippen molar-refractivity contribution in [2.24, 2.45) is 0 Å². The summed E-state index contributed by atoms with van der Waals surface area (Å²) in [6, 6.07) is 26.2. The molecule has 0 radical (unpaired) electrons. The Morgan fingerprint density at radius 2 is 1.45 bits per heavy atom. The first-order chi connectivity index (χ1) is 15.8. The minimum absolute atomic E-state index is 0.191. The molecule has 168 valence electrons. The van der Waals surface area contributed by atoms with Gasteiger partial charge in [-0.15, -0.1) is 0 Å². The molecule has 0 saturated heterocycles. The van der Waals surface area contributed by atoms with Gasteiger partial charge >= 0.3 is 0 Å². The number of nitrogens with one attached hydrogen (secondary N) is 1. The summed E-state index contributed by atoms with van der Waals surface area (Å²) < 4.78 is 56.5. The molecule has 0 spiro atoms. The van der Waals surface area contributed by atoms with Gasteiger partial charge in [0, 0.05) is 24.2 Å². The van der Waals surface area contributed by atoms with Crippen LogP contribution < -0.4 is 4.72 Å². The van der Waals surface area contributed by atoms with E-state index >= 15 is 0 Å². The SMILES string of the molecule is O=S(=O)(Nc1ccc2c(c1)CN(S(=O)(=O)c1ccccc1)CC2)c1cccc2ccccc12. The average Bonchev–Trinajstić information content (AvgIpc) is 2.83. The molecule has 8 heteroatoms. The second-order valence-corrected chi connectivity index (χ2v) is 11.6. The van der Waals surface area contributed by atoms with Crippen LogP contribution in [0.15, 0.2) is 101 Å². The zero-order chi connectivity index (χ0) is 23.1. The number of nitrogens with zero attached hydrogens (tertiary/aromatic N) is 1. The topological polar surface area (TPSA) is 83.6 Å². The van der Waals surface area contributed by atoms with Gasteiger partial charge in [-0.3, -0.25) is 4.72 Å². The summed E-state index contributed by atoms with van der Waals surface area (Å²) in [7, 11) is -7.46. The molecule has 4 aromatic rings. The molecule has 0 aromatic heterocycles. The summed E-state index contributed by atoms with van der Waals surface area (Å²) in [4.78, 5) is 0.452. The molecule has 0 aliphatic carbocycles. The second kappa shape index (κ2) is 8.30. The van der Waals surface area contributed by atoms with Gasteiger partial charge in [0.15, 0.2) is 0 Å². The molecule has 0 fully saturated rings. The van der Waals surface area contributed by atoms with Gasteiger partial charge in [0.1, 0.15) is 0 Å². The van der Waals surface area contributed by atoms with Crippen molar-refractivity contribution in [2.75, 3.05) is 11.3 Å². The highest BCUT2D eigenvalue weighted by atomic mass is 32.2. The second-order valence-electron chi connectivity index (χ2n) is 7.97. The van der Waals surface area contributed by atoms with E-state index in [2.05, 4.69) is 4.72 Å². The summed E-state index contributed by atoms with van der Waals surface area (Å²) in [6.45, 7) is 0.571. The number of hydrogen-bond acceptors (Lipinski definition) is 4. The van der Waals surface area contributed by atoms with Gasteiger partial charge in [0.25, 0.3) is 10.0 Å². The Hall–Kier alpha value is -3.20. The van der Waals surface area contributed by atoms with Gasteiger partial charge in [0.05, 0.1) is 9.79 Å². The molecule has 0 atom stereocenters. The predicted molar refractivity (Wildman–Crippen MR) is 129 cm³/mol. The van der Waals surface area contributed by atoms with Gasteiger partial charge in [0.2, 0.25) is 10.0 Å². The van der Waals surface area contributed by atoms with Crippen molar-refractivity contribution in [1.82, 2.24) is 4.31 Å². The number of fused-ring (bicyclic) bond motifs is 2. The van der Waals surface area contributed by atoms with Crippen LogP contribution in [0.5, 0.6) is 0 Å². The molecule has 0 amide bonds. The highest BCUT2D eigenvalue weighted by Crippen LogP contribution is 2.29. The Bertz CT molecular complexity index is 1540. The zero-order valence-electron chi connectivity index (χ0n) is 17.7. The monoisotopic (exact) mass is 478 g/mol. The summed E-state index contributed by atoms with van der Waals surface area (Å²) in [5.74, 6) is 0. The van der Waals surface area contributed by atoms with E-state index in [-0.39, 0.29) is 16.3 Å². The number of anilines is 1. The third-order valence-corrected chi connectivity index (χ3v) is 9.15. The van der Waals surface area contributed by atoms with Crippen LogP contribution in [0.1, 0.15) is 11.1 Å². The zero-order valence-corrected chi connectivity index (χ0v) is 19.3. The minimum Gasteiger partial charge on any atom is -0.280 e. The Morgan fingerprint density at radius 3 is 2.27 bits per heavy atom. The summed E-state index contributed by atoms with van der Waals surface area (Å²) in [5, 5.41) is 1.48. The lowest BCUT2D eigenvalue weighted by Crippen LogP contribution is -2.36. The number of sulfonamides is 2. The summed E-state index contributed by atoms with van der Waals surface area (Å²) in [6.07, 6.45) is 0.567. The fourth-order valence-electron chi connectivity index (χ4n) is 4.18. The van der Waals surface area contributed by atoms with Crippen LogP contribution in [0, 0.1) is 0 Å². The molecule has 33 heavy (non-hydrogen) atoms. The first kappa shape index (κ1) is 21.6. The van der Waals surface area contributed by atoms with E-state index in [1.165, 1.54) is 4.31 Å². The Kier molecular flexibility index (Phi) is 5.44. The molecule has 5 rings (SSSR count). The molecule has 0 bridgehead atoms. The number of hydrogen-bond donors (Lipinski definition) is 1. The molecule has 0 unspecified atom stereocenters. The molecular formula is C25H22N2O4S2. The largest absolute Gasteiger partial charge is 0.280 e. The highest BCUT2D eigenvalue weighted by Gasteiger charge is 2.28. The van der Waals surface area contributed by atoms with E-state index in [1.54, 1.807) is 60.7 Å². The normalized spacial score (nSPS) is 14.7. The van der Waals surface area contributed by atoms with Crippen molar-refractivity contribution >= 4 is 36.5 Å². The lowest BCUT2D eigenvalue weighted by Gasteiger charge is -2.28. The summed E-state index contributed by atoms with van der Waals surface area (Å²) >= 11 is 0. The lowest BCUT2D eigenvalue weighted by atomic mass is 10.0. The Balaban J connectivity index is 1.44. The maximum atomic E-state index is 13.2. The van der Waals surface area contributed by atoms with E-state index in [1.807, 2.05) is 30.3 Å². The van der Waals surface area contributed by atoms with Crippen molar-refractivity contribution in [2.45, 2.75) is 22.8 Å². The molecule has 4 aromatic carbocycles. The predicted octanol–water partition coefficient (Wildman–Crippen LogP) is 4.39. The lowest BCUT2D eigenvalue weighted by molar-refractivity contribution is 0.391. The quantitative estimate of drug-likeness (QED) is 0.461. The minimum atomic E-state index is -3.83. The van der Waals surface area contributed by atoms with Gasteiger partial charge in [-0.1, -0.05) is 60.7 Å². The van der Waals surface area contributed by atoms with Crippen molar-refractivity contribution < 1.29 is 16.8 Å². The van der Waals surface area contributed by atoms with Crippen LogP contribution >= 0.6 is 0 Å². The van der Waals surface area contributed by atoms with Gasteiger partial charge in [-0.05, 0) is 53.3 Å². The number of rotatable bonds is 5. The van der Waals surface area contributed by atoms with Crippen LogP contribution in [-0.2, 0) is 33.0 Å². The third-order valence-electron chi connectivity index (χ3n) is 5.86. The van der Waals surface area contributed by atoms with E-state index in [0.29, 0.717) is 24.0 Å². The molecule has 1 N–H and O–H groups in total. The van der Waals surface area contributed by atoms with Crippen LogP contribution in [-0.4, -0.2) is 27.7 Å². The van der Waals surface area contributed by atoms with E-state index in [0.717, 1.165) is 16.5 Å². The standard InChI is InChI=1S/C25H22N2O4S2/c28-32(29,25-12-6-8-20-7-4-5-11-24(20)25)26-22-14-13-19-15-16-27(18-21(19)17-22)33(30,31)23-9-2-1-3-10-23/h1-14,17,26H,15-16,18H2.